The van der Waals surface area contributed by atoms with Crippen molar-refractivity contribution in [3.8, 4) is 5.75 Å². The van der Waals surface area contributed by atoms with Gasteiger partial charge in [-0.15, -0.1) is 0 Å². The summed E-state index contributed by atoms with van der Waals surface area (Å²) in [5.41, 5.74) is 7.05. The van der Waals surface area contributed by atoms with E-state index in [0.29, 0.717) is 42.3 Å². The Kier molecular flexibility index (Phi) is 9.09. The monoisotopic (exact) mass is 635 g/mol. The molecule has 0 spiro atoms. The summed E-state index contributed by atoms with van der Waals surface area (Å²) < 4.78 is 47.4. The van der Waals surface area contributed by atoms with E-state index in [1.54, 1.807) is 37.4 Å². The highest BCUT2D eigenvalue weighted by molar-refractivity contribution is 7.91. The van der Waals surface area contributed by atoms with Crippen LogP contribution in [0.3, 0.4) is 0 Å². The van der Waals surface area contributed by atoms with Crippen LogP contribution in [0.4, 0.5) is 26.4 Å². The normalized spacial score (nSPS) is 15.5. The van der Waals surface area contributed by atoms with E-state index in [4.69, 9.17) is 10.5 Å². The molecule has 1 aliphatic rings. The van der Waals surface area contributed by atoms with Crippen molar-refractivity contribution in [1.82, 2.24) is 9.88 Å². The van der Waals surface area contributed by atoms with Crippen LogP contribution in [0.1, 0.15) is 49.9 Å². The van der Waals surface area contributed by atoms with Crippen LogP contribution in [0, 0.1) is 5.82 Å². The Hall–Kier alpha value is -4.91. The summed E-state index contributed by atoms with van der Waals surface area (Å²) in [6.45, 7) is 3.92. The van der Waals surface area contributed by atoms with Crippen molar-refractivity contribution in [2.45, 2.75) is 43.7 Å². The number of carbonyl (C=O) groups excluding carboxylic acids is 1. The number of benzene rings is 3. The topological polar surface area (TPSA) is 164 Å². The number of amides is 2. The van der Waals surface area contributed by atoms with E-state index in [-0.39, 0.29) is 28.4 Å². The van der Waals surface area contributed by atoms with Gasteiger partial charge >= 0.3 is 6.09 Å². The van der Waals surface area contributed by atoms with Gasteiger partial charge in [-0.2, -0.15) is 0 Å². The molecule has 0 saturated carbocycles. The van der Waals surface area contributed by atoms with Gasteiger partial charge < -0.3 is 25.8 Å². The lowest BCUT2D eigenvalue weighted by Gasteiger charge is -2.31. The molecule has 3 aromatic carbocycles. The first-order valence-corrected chi connectivity index (χ1v) is 16.2. The Bertz CT molecular complexity index is 1870. The van der Waals surface area contributed by atoms with Crippen LogP contribution in [0.2, 0.25) is 0 Å². The Morgan fingerprint density at radius 1 is 1.11 bits per heavy atom. The fourth-order valence-electron chi connectivity index (χ4n) is 5.70. The molecule has 2 amide bonds. The van der Waals surface area contributed by atoms with Gasteiger partial charge in [0.2, 0.25) is 5.91 Å². The highest BCUT2D eigenvalue weighted by Gasteiger charge is 2.38. The SMILES string of the molecule is CCOc1ccc(F)c([C@H](Nc2ccc3c(N)nccc3c2)C(=O)N2CCC[C@@H]2c2cc(NC(=O)O)ccc2S(=O)(=O)CC)c1. The third-order valence-corrected chi connectivity index (χ3v) is 9.62. The third-order valence-electron chi connectivity index (χ3n) is 7.81. The maximum absolute atomic E-state index is 15.5. The number of pyridine rings is 1. The van der Waals surface area contributed by atoms with Crippen molar-refractivity contribution in [3.63, 3.8) is 0 Å². The number of nitrogens with zero attached hydrogens (tertiary/aromatic N) is 2. The first-order valence-electron chi connectivity index (χ1n) is 14.5. The minimum Gasteiger partial charge on any atom is -0.494 e. The predicted octanol–water partition coefficient (Wildman–Crippen LogP) is 5.76. The fraction of sp³-hybridized carbons (Fsp3) is 0.281. The summed E-state index contributed by atoms with van der Waals surface area (Å²) in [7, 11) is -3.75. The van der Waals surface area contributed by atoms with Gasteiger partial charge in [0.05, 0.1) is 23.3 Å². The molecule has 1 aliphatic heterocycles. The lowest BCUT2D eigenvalue weighted by Crippen LogP contribution is -2.38. The van der Waals surface area contributed by atoms with Gasteiger partial charge in [-0.05, 0) is 91.4 Å². The molecule has 4 aromatic rings. The molecule has 45 heavy (non-hydrogen) atoms. The van der Waals surface area contributed by atoms with Crippen LogP contribution in [0.15, 0.2) is 71.8 Å². The number of carboxylic acid groups (broad SMARTS) is 1. The molecule has 2 heterocycles. The van der Waals surface area contributed by atoms with Crippen molar-refractivity contribution < 1.29 is 32.2 Å². The number of aromatic nitrogens is 1. The Morgan fingerprint density at radius 2 is 1.89 bits per heavy atom. The molecular formula is C32H34FN5O6S. The summed E-state index contributed by atoms with van der Waals surface area (Å²) in [6, 6.07) is 13.5. The predicted molar refractivity (Wildman–Crippen MR) is 170 cm³/mol. The number of carbonyl (C=O) groups is 2. The number of ether oxygens (including phenoxy) is 1. The zero-order chi connectivity index (χ0) is 32.3. The van der Waals surface area contributed by atoms with E-state index in [1.807, 2.05) is 0 Å². The van der Waals surface area contributed by atoms with E-state index in [2.05, 4.69) is 15.6 Å². The number of fused-ring (bicyclic) bond motifs is 1. The third kappa shape index (κ3) is 6.63. The highest BCUT2D eigenvalue weighted by Crippen LogP contribution is 2.40. The van der Waals surface area contributed by atoms with Crippen LogP contribution >= 0.6 is 0 Å². The van der Waals surface area contributed by atoms with Crippen molar-refractivity contribution >= 4 is 49.8 Å². The lowest BCUT2D eigenvalue weighted by molar-refractivity contribution is -0.133. The Labute approximate surface area is 260 Å². The standard InChI is InChI=1S/C32H34FN5O6S/c1-3-44-22-9-11-26(33)24(18-22)29(36-20-7-10-23-19(16-20)13-14-35-30(23)34)31(39)38-15-5-6-27(38)25-17-21(37-32(40)41)8-12-28(25)45(42,43)4-2/h7-14,16-18,27,29,36-37H,3-6,15H2,1-2H3,(H2,34,35)(H,40,41)/t27-,29+/m1/s1. The number of hydrogen-bond acceptors (Lipinski definition) is 8. The number of halogens is 1. The summed E-state index contributed by atoms with van der Waals surface area (Å²) in [4.78, 5) is 31.6. The summed E-state index contributed by atoms with van der Waals surface area (Å²) in [6.07, 6.45) is 1.23. The van der Waals surface area contributed by atoms with E-state index < -0.39 is 39.7 Å². The number of nitrogens with two attached hydrogens (primary N) is 1. The Morgan fingerprint density at radius 3 is 2.62 bits per heavy atom. The second-order valence-electron chi connectivity index (χ2n) is 10.6. The molecule has 2 atom stereocenters. The van der Waals surface area contributed by atoms with Crippen LogP contribution in [-0.4, -0.2) is 54.3 Å². The molecule has 1 fully saturated rings. The summed E-state index contributed by atoms with van der Waals surface area (Å²) in [5, 5.41) is 16.2. The summed E-state index contributed by atoms with van der Waals surface area (Å²) in [5.74, 6) is -0.576. The number of nitrogen functional groups attached to an aromatic ring is 1. The number of likely N-dealkylation sites (tertiary alicyclic amines) is 1. The number of anilines is 3. The molecule has 0 bridgehead atoms. The van der Waals surface area contributed by atoms with Crippen LogP contribution < -0.4 is 21.1 Å². The zero-order valence-electron chi connectivity index (χ0n) is 24.8. The molecule has 0 unspecified atom stereocenters. The van der Waals surface area contributed by atoms with Gasteiger partial charge in [0.25, 0.3) is 0 Å². The minimum absolute atomic E-state index is 0.0143. The van der Waals surface area contributed by atoms with Gasteiger partial charge in [0.1, 0.15) is 23.4 Å². The van der Waals surface area contributed by atoms with Crippen molar-refractivity contribution in [3.05, 3.63) is 83.8 Å². The van der Waals surface area contributed by atoms with Gasteiger partial charge in [-0.25, -0.2) is 22.6 Å². The van der Waals surface area contributed by atoms with Gasteiger partial charge in [0, 0.05) is 35.1 Å². The van der Waals surface area contributed by atoms with Gasteiger partial charge in [-0.1, -0.05) is 6.92 Å². The van der Waals surface area contributed by atoms with E-state index >= 15 is 4.39 Å². The van der Waals surface area contributed by atoms with Crippen LogP contribution in [-0.2, 0) is 14.6 Å². The molecule has 11 nitrogen and oxygen atoms in total. The molecule has 13 heteroatoms. The van der Waals surface area contributed by atoms with Gasteiger partial charge in [-0.3, -0.25) is 10.1 Å². The van der Waals surface area contributed by atoms with Crippen molar-refractivity contribution in [2.24, 2.45) is 0 Å². The Balaban J connectivity index is 1.60. The summed E-state index contributed by atoms with van der Waals surface area (Å²) >= 11 is 0. The zero-order valence-corrected chi connectivity index (χ0v) is 25.6. The quantitative estimate of drug-likeness (QED) is 0.170. The first-order chi connectivity index (χ1) is 21.5. The highest BCUT2D eigenvalue weighted by atomic mass is 32.2. The number of sulfone groups is 1. The van der Waals surface area contributed by atoms with E-state index in [0.717, 1.165) is 10.8 Å². The smallest absolute Gasteiger partial charge is 0.409 e. The number of nitrogens with one attached hydrogen (secondary N) is 2. The molecule has 1 aromatic heterocycles. The fourth-order valence-corrected chi connectivity index (χ4v) is 6.84. The second kappa shape index (κ2) is 13.0. The number of rotatable bonds is 10. The van der Waals surface area contributed by atoms with Gasteiger partial charge in [0.15, 0.2) is 9.84 Å². The molecule has 5 N–H and O–H groups in total. The van der Waals surface area contributed by atoms with E-state index in [9.17, 15) is 23.1 Å². The molecule has 5 rings (SSSR count). The average molecular weight is 636 g/mol. The molecule has 1 saturated heterocycles. The lowest BCUT2D eigenvalue weighted by atomic mass is 10.00. The average Bonchev–Trinajstić information content (AvgIpc) is 3.50. The second-order valence-corrected chi connectivity index (χ2v) is 12.8. The largest absolute Gasteiger partial charge is 0.494 e. The molecule has 0 radical (unpaired) electrons. The van der Waals surface area contributed by atoms with Crippen molar-refractivity contribution in [2.75, 3.05) is 35.3 Å². The van der Waals surface area contributed by atoms with Crippen LogP contribution in [0.5, 0.6) is 5.75 Å². The van der Waals surface area contributed by atoms with Crippen LogP contribution in [0.25, 0.3) is 10.8 Å². The molecule has 0 aliphatic carbocycles. The first kappa shape index (κ1) is 31.5. The number of hydrogen-bond donors (Lipinski definition) is 4. The molecular weight excluding hydrogens is 601 g/mol. The minimum atomic E-state index is -3.75. The maximum atomic E-state index is 15.5. The van der Waals surface area contributed by atoms with E-state index in [1.165, 1.54) is 48.2 Å². The molecule has 236 valence electrons. The maximum Gasteiger partial charge on any atom is 0.409 e. The van der Waals surface area contributed by atoms with Crippen molar-refractivity contribution in [1.29, 1.82) is 0 Å².